The molecular weight excluding hydrogens is 478 g/mol. The molecule has 38 heavy (non-hydrogen) atoms. The zero-order valence-corrected chi connectivity index (χ0v) is 20.2. The third-order valence-electron chi connectivity index (χ3n) is 7.68. The summed E-state index contributed by atoms with van der Waals surface area (Å²) in [4.78, 5) is 33.1. The molecule has 2 aliphatic heterocycles. The SMILES string of the molecule is N#Cc1ncc(-n2c(O)c3n(c2=O)[C@H]2C[C@@H]3N(C(=O)c3ccc(-c4ccccc4)cc3)C2)c2ccccc12. The van der Waals surface area contributed by atoms with Crippen molar-refractivity contribution in [1.29, 1.82) is 5.26 Å². The molecule has 2 atom stereocenters. The first-order valence-corrected chi connectivity index (χ1v) is 12.4. The van der Waals surface area contributed by atoms with Gasteiger partial charge in [0.25, 0.3) is 5.91 Å². The summed E-state index contributed by atoms with van der Waals surface area (Å²) in [6.45, 7) is 0.396. The van der Waals surface area contributed by atoms with Crippen LogP contribution in [0.2, 0.25) is 0 Å². The number of nitrogens with zero attached hydrogens (tertiary/aromatic N) is 5. The van der Waals surface area contributed by atoms with Crippen molar-refractivity contribution in [2.45, 2.75) is 18.5 Å². The molecular formula is C30H21N5O3. The molecule has 0 unspecified atom stereocenters. The van der Waals surface area contributed by atoms with Gasteiger partial charge in [-0.25, -0.2) is 14.3 Å². The first-order valence-electron chi connectivity index (χ1n) is 12.4. The highest BCUT2D eigenvalue weighted by atomic mass is 16.3. The number of likely N-dealkylation sites (tertiary alicyclic amines) is 1. The van der Waals surface area contributed by atoms with Gasteiger partial charge in [-0.1, -0.05) is 66.7 Å². The third kappa shape index (κ3) is 3.05. The van der Waals surface area contributed by atoms with Crippen molar-refractivity contribution in [1.82, 2.24) is 19.0 Å². The van der Waals surface area contributed by atoms with Crippen molar-refractivity contribution in [3.63, 3.8) is 0 Å². The van der Waals surface area contributed by atoms with Gasteiger partial charge in [0.1, 0.15) is 17.5 Å². The minimum absolute atomic E-state index is 0.131. The number of fused-ring (bicyclic) bond motifs is 6. The smallest absolute Gasteiger partial charge is 0.336 e. The standard InChI is InChI=1S/C30H21N5O3/c31-15-24-22-8-4-5-9-23(22)26(16-32-24)35-29(37)27-25-14-21(34(27)30(35)38)17-33(25)28(36)20-12-10-19(11-13-20)18-6-2-1-3-7-18/h1-13,16,21,25,37H,14,17H2/t21-,25-/m0/s1. The molecule has 1 N–H and O–H groups in total. The molecule has 0 saturated carbocycles. The maximum atomic E-state index is 13.6. The average Bonchev–Trinajstić information content (AvgIpc) is 3.64. The van der Waals surface area contributed by atoms with Gasteiger partial charge in [-0.2, -0.15) is 5.26 Å². The van der Waals surface area contributed by atoms with Crippen LogP contribution in [-0.4, -0.2) is 36.6 Å². The summed E-state index contributed by atoms with van der Waals surface area (Å²) in [5, 5.41) is 22.0. The number of amides is 1. The van der Waals surface area contributed by atoms with E-state index in [9.17, 15) is 20.0 Å². The average molecular weight is 500 g/mol. The molecule has 1 fully saturated rings. The highest BCUT2D eigenvalue weighted by Crippen LogP contribution is 2.49. The summed E-state index contributed by atoms with van der Waals surface area (Å²) >= 11 is 0. The second-order valence-electron chi connectivity index (χ2n) is 9.65. The Morgan fingerprint density at radius 1 is 0.947 bits per heavy atom. The number of aromatic hydroxyl groups is 1. The van der Waals surface area contributed by atoms with E-state index in [-0.39, 0.29) is 29.2 Å². The van der Waals surface area contributed by atoms with Crippen LogP contribution in [0.4, 0.5) is 0 Å². The van der Waals surface area contributed by atoms with Gasteiger partial charge in [0.2, 0.25) is 5.88 Å². The van der Waals surface area contributed by atoms with E-state index < -0.39 is 6.04 Å². The Morgan fingerprint density at radius 2 is 1.63 bits per heavy atom. The van der Waals surface area contributed by atoms with Gasteiger partial charge in [0.15, 0.2) is 0 Å². The van der Waals surface area contributed by atoms with Crippen LogP contribution in [-0.2, 0) is 0 Å². The minimum atomic E-state index is -0.409. The van der Waals surface area contributed by atoms with E-state index in [4.69, 9.17) is 0 Å². The summed E-state index contributed by atoms with van der Waals surface area (Å²) in [5.74, 6) is -0.329. The van der Waals surface area contributed by atoms with Crippen LogP contribution >= 0.6 is 0 Å². The number of aromatic nitrogens is 3. The summed E-state index contributed by atoms with van der Waals surface area (Å²) < 4.78 is 2.85. The fourth-order valence-corrected chi connectivity index (χ4v) is 5.93. The van der Waals surface area contributed by atoms with Crippen LogP contribution in [0, 0.1) is 11.3 Å². The third-order valence-corrected chi connectivity index (χ3v) is 7.68. The molecule has 184 valence electrons. The van der Waals surface area contributed by atoms with Crippen LogP contribution in [0.15, 0.2) is 89.9 Å². The van der Waals surface area contributed by atoms with E-state index in [1.165, 1.54) is 10.8 Å². The Balaban J connectivity index is 1.26. The minimum Gasteiger partial charge on any atom is -0.493 e. The predicted molar refractivity (Wildman–Crippen MR) is 141 cm³/mol. The van der Waals surface area contributed by atoms with Gasteiger partial charge in [-0.3, -0.25) is 9.36 Å². The molecule has 4 heterocycles. The summed E-state index contributed by atoms with van der Waals surface area (Å²) in [5.41, 5.74) is 3.38. The molecule has 2 bridgehead atoms. The summed E-state index contributed by atoms with van der Waals surface area (Å²) in [6.07, 6.45) is 2.02. The van der Waals surface area contributed by atoms with Crippen LogP contribution < -0.4 is 5.69 Å². The van der Waals surface area contributed by atoms with Gasteiger partial charge in [0, 0.05) is 22.9 Å². The van der Waals surface area contributed by atoms with Gasteiger partial charge in [0.05, 0.1) is 24.0 Å². The molecule has 3 aromatic carbocycles. The Bertz CT molecular complexity index is 1850. The number of carbonyl (C=O) groups is 1. The Hall–Kier alpha value is -5.16. The first-order chi connectivity index (χ1) is 18.6. The lowest BCUT2D eigenvalue weighted by Gasteiger charge is -2.27. The number of hydrogen-bond donors (Lipinski definition) is 1. The molecule has 0 radical (unpaired) electrons. The lowest BCUT2D eigenvalue weighted by molar-refractivity contribution is 0.0711. The van der Waals surface area contributed by atoms with Crippen LogP contribution in [0.1, 0.15) is 40.3 Å². The van der Waals surface area contributed by atoms with E-state index in [0.29, 0.717) is 40.7 Å². The highest BCUT2D eigenvalue weighted by Gasteiger charge is 2.49. The summed E-state index contributed by atoms with van der Waals surface area (Å²) in [7, 11) is 0. The zero-order chi connectivity index (χ0) is 26.0. The summed E-state index contributed by atoms with van der Waals surface area (Å²) in [6, 6.07) is 26.1. The molecule has 8 nitrogen and oxygen atoms in total. The lowest BCUT2D eigenvalue weighted by atomic mass is 10.0. The number of carbonyl (C=O) groups excluding carboxylic acids is 1. The maximum absolute atomic E-state index is 13.6. The zero-order valence-electron chi connectivity index (χ0n) is 20.2. The van der Waals surface area contributed by atoms with Crippen LogP contribution in [0.5, 0.6) is 5.88 Å². The molecule has 1 saturated heterocycles. The van der Waals surface area contributed by atoms with Crippen molar-refractivity contribution < 1.29 is 9.90 Å². The number of benzene rings is 3. The molecule has 8 heteroatoms. The second-order valence-corrected chi connectivity index (χ2v) is 9.65. The Kier molecular flexibility index (Phi) is 4.75. The lowest BCUT2D eigenvalue weighted by Crippen LogP contribution is -2.37. The Labute approximate surface area is 217 Å². The highest BCUT2D eigenvalue weighted by molar-refractivity contribution is 5.96. The van der Waals surface area contributed by atoms with Gasteiger partial charge in [-0.15, -0.1) is 0 Å². The van der Waals surface area contributed by atoms with Crippen LogP contribution in [0.25, 0.3) is 27.6 Å². The molecule has 0 aliphatic carbocycles. The molecule has 2 aromatic heterocycles. The van der Waals surface area contributed by atoms with Crippen LogP contribution in [0.3, 0.4) is 0 Å². The van der Waals surface area contributed by atoms with Crippen molar-refractivity contribution in [2.75, 3.05) is 6.54 Å². The second kappa shape index (κ2) is 8.18. The van der Waals surface area contributed by atoms with E-state index in [1.807, 2.05) is 60.7 Å². The number of imidazole rings is 1. The van der Waals surface area contributed by atoms with Crippen molar-refractivity contribution in [3.05, 3.63) is 112 Å². The van der Waals surface area contributed by atoms with E-state index in [2.05, 4.69) is 11.1 Å². The van der Waals surface area contributed by atoms with Gasteiger partial charge in [-0.05, 0) is 29.7 Å². The largest absolute Gasteiger partial charge is 0.493 e. The topological polar surface area (TPSA) is 104 Å². The number of nitriles is 1. The molecule has 2 aliphatic rings. The quantitative estimate of drug-likeness (QED) is 0.392. The van der Waals surface area contributed by atoms with Crippen molar-refractivity contribution in [2.24, 2.45) is 0 Å². The van der Waals surface area contributed by atoms with Gasteiger partial charge < -0.3 is 10.0 Å². The maximum Gasteiger partial charge on any atom is 0.336 e. The molecule has 1 amide bonds. The van der Waals surface area contributed by atoms with E-state index in [0.717, 1.165) is 11.1 Å². The van der Waals surface area contributed by atoms with Gasteiger partial charge >= 0.3 is 5.69 Å². The predicted octanol–water partition coefficient (Wildman–Crippen LogP) is 4.57. The van der Waals surface area contributed by atoms with E-state index >= 15 is 0 Å². The molecule has 5 aromatic rings. The molecule has 7 rings (SSSR count). The van der Waals surface area contributed by atoms with Crippen molar-refractivity contribution in [3.8, 4) is 28.8 Å². The fourth-order valence-electron chi connectivity index (χ4n) is 5.93. The molecule has 0 spiro atoms. The van der Waals surface area contributed by atoms with Crippen molar-refractivity contribution >= 4 is 16.7 Å². The first kappa shape index (κ1) is 22.1. The van der Waals surface area contributed by atoms with E-state index in [1.54, 1.807) is 27.7 Å². The monoisotopic (exact) mass is 499 g/mol. The number of hydrogen-bond acceptors (Lipinski definition) is 5. The Morgan fingerprint density at radius 3 is 2.37 bits per heavy atom. The number of pyridine rings is 1. The normalized spacial score (nSPS) is 17.5. The number of rotatable bonds is 3. The fraction of sp³-hybridized carbons (Fsp3) is 0.133.